The van der Waals surface area contributed by atoms with Gasteiger partial charge in [-0.1, -0.05) is 37.2 Å². The van der Waals surface area contributed by atoms with Gasteiger partial charge in [0, 0.05) is 12.2 Å². The van der Waals surface area contributed by atoms with E-state index in [0.29, 0.717) is 5.52 Å². The Hall–Kier alpha value is -2.74. The van der Waals surface area contributed by atoms with Crippen LogP contribution in [0.2, 0.25) is 0 Å². The van der Waals surface area contributed by atoms with Crippen LogP contribution in [0, 0.1) is 13.8 Å². The van der Waals surface area contributed by atoms with Crippen LogP contribution >= 0.6 is 11.8 Å². The monoisotopic (exact) mass is 414 g/mol. The number of carbonyl (C=O) groups is 1. The lowest BCUT2D eigenvalue weighted by Gasteiger charge is -2.10. The van der Waals surface area contributed by atoms with Crippen molar-refractivity contribution in [3.05, 3.63) is 47.2 Å². The molecule has 2 heterocycles. The summed E-state index contributed by atoms with van der Waals surface area (Å²) in [5.74, 6) is -0.258. The summed E-state index contributed by atoms with van der Waals surface area (Å²) in [7, 11) is 1.29. The van der Waals surface area contributed by atoms with Gasteiger partial charge in [0.1, 0.15) is 17.2 Å². The Morgan fingerprint density at radius 1 is 1.28 bits per heavy atom. The third-order valence-electron chi connectivity index (χ3n) is 4.80. The fourth-order valence-corrected chi connectivity index (χ4v) is 4.04. The number of para-hydroxylation sites is 2. The van der Waals surface area contributed by atoms with Crippen LogP contribution in [0.4, 0.5) is 0 Å². The number of benzene rings is 1. The maximum Gasteiger partial charge on any atom is 0.345 e. The van der Waals surface area contributed by atoms with E-state index in [1.54, 1.807) is 0 Å². The van der Waals surface area contributed by atoms with Crippen molar-refractivity contribution in [2.24, 2.45) is 0 Å². The molecule has 1 aromatic carbocycles. The van der Waals surface area contributed by atoms with Crippen LogP contribution in [0.1, 0.15) is 37.0 Å². The summed E-state index contributed by atoms with van der Waals surface area (Å²) in [6, 6.07) is 7.45. The number of ether oxygens (including phenoxy) is 1. The topological polar surface area (TPSA) is 93.0 Å². The minimum atomic E-state index is -0.635. The Morgan fingerprint density at radius 3 is 2.72 bits per heavy atom. The Kier molecular flexibility index (Phi) is 6.64. The number of unbranched alkanes of at least 4 members (excludes halogenated alkanes) is 1. The summed E-state index contributed by atoms with van der Waals surface area (Å²) in [5, 5.41) is 11.6. The number of hydrogen-bond acceptors (Lipinski definition) is 6. The van der Waals surface area contributed by atoms with E-state index >= 15 is 0 Å². The number of esters is 1. The lowest BCUT2D eigenvalue weighted by atomic mass is 10.2. The van der Waals surface area contributed by atoms with E-state index in [1.165, 1.54) is 18.9 Å². The first-order valence-corrected chi connectivity index (χ1v) is 10.6. The second kappa shape index (κ2) is 9.17. The zero-order valence-electron chi connectivity index (χ0n) is 17.2. The third kappa shape index (κ3) is 4.48. The molecule has 0 bridgehead atoms. The number of carbonyl (C=O) groups excluding carboxylic acids is 1. The first-order valence-electron chi connectivity index (χ1n) is 9.58. The molecule has 7 nitrogen and oxygen atoms in total. The summed E-state index contributed by atoms with van der Waals surface area (Å²) in [6.07, 6.45) is 2.14. The summed E-state index contributed by atoms with van der Waals surface area (Å²) in [5.41, 5.74) is 3.63. The first kappa shape index (κ1) is 21.0. The number of nitrogens with zero attached hydrogens (tertiary/aromatic N) is 3. The van der Waals surface area contributed by atoms with Crippen LogP contribution in [0.5, 0.6) is 0 Å². The summed E-state index contributed by atoms with van der Waals surface area (Å²) in [6.45, 7) is 7.05. The molecule has 0 unspecified atom stereocenters. The zero-order chi connectivity index (χ0) is 21.0. The summed E-state index contributed by atoms with van der Waals surface area (Å²) >= 11 is 1.39. The van der Waals surface area contributed by atoms with Gasteiger partial charge in [0.2, 0.25) is 0 Å². The highest BCUT2D eigenvalue weighted by Crippen LogP contribution is 2.27. The maximum absolute atomic E-state index is 12.4. The Balaban J connectivity index is 1.91. The van der Waals surface area contributed by atoms with Gasteiger partial charge >= 0.3 is 5.97 Å². The normalized spacial score (nSPS) is 12.3. The van der Waals surface area contributed by atoms with E-state index < -0.39 is 5.97 Å². The molecule has 0 atom stereocenters. The second-order valence-electron chi connectivity index (χ2n) is 6.77. The van der Waals surface area contributed by atoms with Crippen LogP contribution in [0.3, 0.4) is 0 Å². The van der Waals surface area contributed by atoms with Gasteiger partial charge in [0.05, 0.1) is 29.6 Å². The number of imidazole rings is 2. The van der Waals surface area contributed by atoms with Gasteiger partial charge in [-0.15, -0.1) is 0 Å². The van der Waals surface area contributed by atoms with E-state index in [0.717, 1.165) is 41.4 Å². The van der Waals surface area contributed by atoms with Crippen molar-refractivity contribution in [2.75, 3.05) is 12.9 Å². The van der Waals surface area contributed by atoms with Crippen molar-refractivity contribution >= 4 is 34.3 Å². The SMILES string of the molecule is CCCCn1c(SC/C(O)=C(\C(=O)OC)c2nc3ccccc3[nH]2)nc(C)c1C. The number of aromatic nitrogens is 4. The molecule has 0 aliphatic heterocycles. The molecule has 0 saturated heterocycles. The van der Waals surface area contributed by atoms with Crippen LogP contribution in [-0.2, 0) is 16.1 Å². The number of rotatable bonds is 8. The highest BCUT2D eigenvalue weighted by molar-refractivity contribution is 7.99. The van der Waals surface area contributed by atoms with Crippen LogP contribution in [0.25, 0.3) is 16.6 Å². The number of aromatic amines is 1. The van der Waals surface area contributed by atoms with Gasteiger partial charge in [-0.25, -0.2) is 14.8 Å². The molecule has 0 spiro atoms. The van der Waals surface area contributed by atoms with E-state index in [2.05, 4.69) is 26.4 Å². The van der Waals surface area contributed by atoms with Gasteiger partial charge in [-0.3, -0.25) is 0 Å². The highest BCUT2D eigenvalue weighted by atomic mass is 32.2. The van der Waals surface area contributed by atoms with Crippen LogP contribution < -0.4 is 0 Å². The number of aliphatic hydroxyl groups excluding tert-OH is 1. The molecule has 0 saturated carbocycles. The minimum absolute atomic E-state index is 0.0382. The molecule has 0 aliphatic carbocycles. The highest BCUT2D eigenvalue weighted by Gasteiger charge is 2.23. The number of hydrogen-bond donors (Lipinski definition) is 2. The van der Waals surface area contributed by atoms with E-state index in [-0.39, 0.29) is 22.9 Å². The van der Waals surface area contributed by atoms with Crippen molar-refractivity contribution in [3.63, 3.8) is 0 Å². The van der Waals surface area contributed by atoms with Gasteiger partial charge in [-0.2, -0.15) is 0 Å². The molecule has 3 aromatic rings. The molecule has 0 radical (unpaired) electrons. The molecule has 8 heteroatoms. The number of aliphatic hydroxyl groups is 1. The smallest absolute Gasteiger partial charge is 0.345 e. The number of thioether (sulfide) groups is 1. The summed E-state index contributed by atoms with van der Waals surface area (Å²) in [4.78, 5) is 24.5. The number of fused-ring (bicyclic) bond motifs is 1. The van der Waals surface area contributed by atoms with Crippen molar-refractivity contribution in [3.8, 4) is 0 Å². The maximum atomic E-state index is 12.4. The predicted octanol–water partition coefficient (Wildman–Crippen LogP) is 4.41. The van der Waals surface area contributed by atoms with Crippen molar-refractivity contribution in [1.29, 1.82) is 0 Å². The fourth-order valence-electron chi connectivity index (χ4n) is 3.04. The largest absolute Gasteiger partial charge is 0.510 e. The Morgan fingerprint density at radius 2 is 2.03 bits per heavy atom. The summed E-state index contributed by atoms with van der Waals surface area (Å²) < 4.78 is 7.05. The molecule has 0 amide bonds. The molecule has 29 heavy (non-hydrogen) atoms. The Bertz CT molecular complexity index is 1020. The molecule has 154 valence electrons. The lowest BCUT2D eigenvalue weighted by Crippen LogP contribution is -2.10. The van der Waals surface area contributed by atoms with Crippen molar-refractivity contribution < 1.29 is 14.6 Å². The van der Waals surface area contributed by atoms with E-state index in [4.69, 9.17) is 4.74 Å². The van der Waals surface area contributed by atoms with Gasteiger partial charge < -0.3 is 19.4 Å². The molecule has 3 rings (SSSR count). The third-order valence-corrected chi connectivity index (χ3v) is 5.79. The van der Waals surface area contributed by atoms with Gasteiger partial charge in [0.25, 0.3) is 0 Å². The van der Waals surface area contributed by atoms with E-state index in [1.807, 2.05) is 38.1 Å². The quantitative estimate of drug-likeness (QED) is 0.245. The Labute approximate surface area is 174 Å². The minimum Gasteiger partial charge on any atom is -0.510 e. The number of aryl methyl sites for hydroxylation is 1. The van der Waals surface area contributed by atoms with Crippen molar-refractivity contribution in [2.45, 2.75) is 45.3 Å². The first-order chi connectivity index (χ1) is 14.0. The second-order valence-corrected chi connectivity index (χ2v) is 7.72. The number of H-pyrrole nitrogens is 1. The van der Waals surface area contributed by atoms with Gasteiger partial charge in [-0.05, 0) is 32.4 Å². The molecule has 0 fully saturated rings. The zero-order valence-corrected chi connectivity index (χ0v) is 18.0. The molecule has 2 aromatic heterocycles. The van der Waals surface area contributed by atoms with Gasteiger partial charge in [0.15, 0.2) is 5.16 Å². The molecule has 2 N–H and O–H groups in total. The number of methoxy groups -OCH3 is 1. The average molecular weight is 415 g/mol. The fraction of sp³-hybridized carbons (Fsp3) is 0.381. The van der Waals surface area contributed by atoms with E-state index in [9.17, 15) is 9.90 Å². The number of nitrogens with one attached hydrogen (secondary N) is 1. The standard InChI is InChI=1S/C21H26N4O3S/c1-5-6-11-25-14(3)13(2)22-21(25)29-12-17(26)18(20(27)28-4)19-23-15-9-7-8-10-16(15)24-19/h7-10,26H,5-6,11-12H2,1-4H3,(H,23,24)/b18-17+. The molecular formula is C21H26N4O3S. The predicted molar refractivity (Wildman–Crippen MR) is 115 cm³/mol. The molecular weight excluding hydrogens is 388 g/mol. The van der Waals surface area contributed by atoms with Crippen LogP contribution in [-0.4, -0.2) is 43.5 Å². The average Bonchev–Trinajstić information content (AvgIpc) is 3.25. The van der Waals surface area contributed by atoms with Crippen molar-refractivity contribution in [1.82, 2.24) is 19.5 Å². The lowest BCUT2D eigenvalue weighted by molar-refractivity contribution is -0.133. The molecule has 0 aliphatic rings. The van der Waals surface area contributed by atoms with Crippen LogP contribution in [0.15, 0.2) is 35.2 Å².